The van der Waals surface area contributed by atoms with E-state index in [2.05, 4.69) is 15.2 Å². The van der Waals surface area contributed by atoms with Crippen molar-refractivity contribution in [3.63, 3.8) is 0 Å². The summed E-state index contributed by atoms with van der Waals surface area (Å²) >= 11 is 0. The Bertz CT molecular complexity index is 1470. The number of halogens is 7. The van der Waals surface area contributed by atoms with Crippen LogP contribution in [0.15, 0.2) is 48.7 Å². The summed E-state index contributed by atoms with van der Waals surface area (Å²) in [6.45, 7) is 8.37. The van der Waals surface area contributed by atoms with Crippen molar-refractivity contribution in [2.45, 2.75) is 38.5 Å². The number of carbonyl (C=O) groups is 1. The third-order valence-corrected chi connectivity index (χ3v) is 7.71. The molecule has 0 unspecified atom stereocenters. The van der Waals surface area contributed by atoms with E-state index in [4.69, 9.17) is 4.74 Å². The van der Waals surface area contributed by atoms with Crippen molar-refractivity contribution in [2.75, 3.05) is 56.7 Å². The van der Waals surface area contributed by atoms with Gasteiger partial charge in [-0.05, 0) is 73.9 Å². The van der Waals surface area contributed by atoms with Gasteiger partial charge < -0.3 is 15.0 Å². The third kappa shape index (κ3) is 7.49. The first kappa shape index (κ1) is 33.2. The molecule has 1 amide bonds. The number of hydrogen-bond acceptors (Lipinski definition) is 5. The van der Waals surface area contributed by atoms with E-state index in [-0.39, 0.29) is 11.8 Å². The molecule has 0 bridgehead atoms. The standard InChI is InChI=1S/C31H33F7N4O2/c1-19-13-23(32)5-6-24(19)25-17-27(39-7-8-42-9-11-44-12-10-42)40-18-26(25)41(4)28(43)29(2,3)20-14-21(30(33,34)35)16-22(15-20)31(36,37)38/h5-6,13-18H,7-12H2,1-4H3,(H,39,40). The quantitative estimate of drug-likeness (QED) is 0.275. The minimum absolute atomic E-state index is 0.0257. The molecule has 0 radical (unpaired) electrons. The lowest BCUT2D eigenvalue weighted by molar-refractivity contribution is -0.143. The summed E-state index contributed by atoms with van der Waals surface area (Å²) in [5.74, 6) is -0.782. The van der Waals surface area contributed by atoms with Crippen molar-refractivity contribution in [3.8, 4) is 11.1 Å². The van der Waals surface area contributed by atoms with Gasteiger partial charge in [0.1, 0.15) is 11.6 Å². The molecule has 2 heterocycles. The third-order valence-electron chi connectivity index (χ3n) is 7.71. The highest BCUT2D eigenvalue weighted by atomic mass is 19.4. The van der Waals surface area contributed by atoms with Crippen LogP contribution in [0.3, 0.4) is 0 Å². The minimum Gasteiger partial charge on any atom is -0.379 e. The molecule has 0 aliphatic carbocycles. The largest absolute Gasteiger partial charge is 0.416 e. The summed E-state index contributed by atoms with van der Waals surface area (Å²) in [6, 6.07) is 6.93. The van der Waals surface area contributed by atoms with Crippen LogP contribution in [-0.4, -0.2) is 62.2 Å². The lowest BCUT2D eigenvalue weighted by atomic mass is 9.81. The fraction of sp³-hybridized carbons (Fsp3) is 0.419. The van der Waals surface area contributed by atoms with Crippen molar-refractivity contribution in [1.29, 1.82) is 0 Å². The number of aryl methyl sites for hydroxylation is 1. The van der Waals surface area contributed by atoms with Crippen LogP contribution in [0.1, 0.15) is 36.1 Å². The van der Waals surface area contributed by atoms with Crippen LogP contribution in [0.25, 0.3) is 11.1 Å². The Morgan fingerprint density at radius 3 is 2.09 bits per heavy atom. The fourth-order valence-corrected chi connectivity index (χ4v) is 5.09. The van der Waals surface area contributed by atoms with Crippen LogP contribution in [0.5, 0.6) is 0 Å². The van der Waals surface area contributed by atoms with Gasteiger partial charge in [0.15, 0.2) is 0 Å². The molecule has 2 aromatic carbocycles. The lowest BCUT2D eigenvalue weighted by Gasteiger charge is -2.32. The van der Waals surface area contributed by atoms with Crippen LogP contribution in [-0.2, 0) is 27.3 Å². The van der Waals surface area contributed by atoms with Gasteiger partial charge in [-0.25, -0.2) is 9.37 Å². The zero-order valence-corrected chi connectivity index (χ0v) is 24.7. The van der Waals surface area contributed by atoms with E-state index in [1.165, 1.54) is 45.3 Å². The van der Waals surface area contributed by atoms with Gasteiger partial charge in [0.2, 0.25) is 5.91 Å². The van der Waals surface area contributed by atoms with Crippen molar-refractivity contribution in [1.82, 2.24) is 9.88 Å². The fourth-order valence-electron chi connectivity index (χ4n) is 5.09. The van der Waals surface area contributed by atoms with E-state index in [0.29, 0.717) is 54.4 Å². The molecule has 13 heteroatoms. The van der Waals surface area contributed by atoms with E-state index < -0.39 is 46.2 Å². The number of benzene rings is 2. The molecule has 238 valence electrons. The molecule has 0 spiro atoms. The number of aromatic nitrogens is 1. The second-order valence-corrected chi connectivity index (χ2v) is 11.2. The Labute approximate surface area is 250 Å². The number of nitrogens with zero attached hydrogens (tertiary/aromatic N) is 3. The highest BCUT2D eigenvalue weighted by molar-refractivity contribution is 6.03. The van der Waals surface area contributed by atoms with Crippen LogP contribution in [0.2, 0.25) is 0 Å². The maximum absolute atomic E-state index is 14.0. The van der Waals surface area contributed by atoms with Crippen molar-refractivity contribution < 1.29 is 40.3 Å². The Kier molecular flexibility index (Phi) is 9.60. The van der Waals surface area contributed by atoms with Crippen molar-refractivity contribution in [3.05, 3.63) is 76.7 Å². The van der Waals surface area contributed by atoms with E-state index in [9.17, 15) is 35.5 Å². The van der Waals surface area contributed by atoms with E-state index >= 15 is 0 Å². The first-order valence-electron chi connectivity index (χ1n) is 13.9. The number of hydrogen-bond donors (Lipinski definition) is 1. The molecule has 1 saturated heterocycles. The van der Waals surface area contributed by atoms with Gasteiger partial charge in [0.05, 0.1) is 41.6 Å². The molecule has 1 aliphatic rings. The highest BCUT2D eigenvalue weighted by Crippen LogP contribution is 2.41. The van der Waals surface area contributed by atoms with E-state index in [1.54, 1.807) is 13.0 Å². The molecule has 6 nitrogen and oxygen atoms in total. The Hall–Kier alpha value is -3.71. The average molecular weight is 627 g/mol. The molecular formula is C31H33F7N4O2. The first-order chi connectivity index (χ1) is 20.5. The molecule has 0 atom stereocenters. The average Bonchev–Trinajstić information content (AvgIpc) is 2.96. The van der Waals surface area contributed by atoms with Crippen LogP contribution in [0, 0.1) is 12.7 Å². The van der Waals surface area contributed by atoms with Crippen molar-refractivity contribution in [2.24, 2.45) is 0 Å². The Morgan fingerprint density at radius 2 is 1.52 bits per heavy atom. The topological polar surface area (TPSA) is 57.7 Å². The number of nitrogens with one attached hydrogen (secondary N) is 1. The zero-order valence-electron chi connectivity index (χ0n) is 24.7. The number of pyridine rings is 1. The SMILES string of the molecule is Cc1cc(F)ccc1-c1cc(NCCN2CCOCC2)ncc1N(C)C(=O)C(C)(C)c1cc(C(F)(F)F)cc(C(F)(F)F)c1. The number of carbonyl (C=O) groups excluding carboxylic acids is 1. The Morgan fingerprint density at radius 1 is 0.932 bits per heavy atom. The minimum atomic E-state index is -5.07. The molecular weight excluding hydrogens is 593 g/mol. The number of rotatable bonds is 8. The van der Waals surface area contributed by atoms with Crippen LogP contribution >= 0.6 is 0 Å². The molecule has 1 N–H and O–H groups in total. The summed E-state index contributed by atoms with van der Waals surface area (Å²) in [7, 11) is 1.37. The summed E-state index contributed by atoms with van der Waals surface area (Å²) in [5.41, 5.74) is -3.48. The number of amides is 1. The second kappa shape index (κ2) is 12.7. The number of anilines is 2. The van der Waals surface area contributed by atoms with Crippen LogP contribution < -0.4 is 10.2 Å². The maximum atomic E-state index is 14.0. The number of alkyl halides is 6. The zero-order chi connectivity index (χ0) is 32.4. The summed E-state index contributed by atoms with van der Waals surface area (Å²) in [4.78, 5) is 21.7. The lowest BCUT2D eigenvalue weighted by Crippen LogP contribution is -2.42. The molecule has 1 aromatic heterocycles. The summed E-state index contributed by atoms with van der Waals surface area (Å²) < 4.78 is 101. The second-order valence-electron chi connectivity index (χ2n) is 11.2. The van der Waals surface area contributed by atoms with Gasteiger partial charge in [0, 0.05) is 38.8 Å². The molecule has 3 aromatic rings. The van der Waals surface area contributed by atoms with E-state index in [0.717, 1.165) is 24.5 Å². The predicted octanol–water partition coefficient (Wildman–Crippen LogP) is 6.92. The normalized spacial score (nSPS) is 14.9. The number of morpholine rings is 1. The van der Waals surface area contributed by atoms with Gasteiger partial charge >= 0.3 is 12.4 Å². The first-order valence-corrected chi connectivity index (χ1v) is 13.9. The predicted molar refractivity (Wildman–Crippen MR) is 153 cm³/mol. The van der Waals surface area contributed by atoms with Gasteiger partial charge in [-0.15, -0.1) is 0 Å². The molecule has 1 aliphatic heterocycles. The number of likely N-dealkylation sites (N-methyl/N-ethyl adjacent to an activating group) is 1. The Balaban J connectivity index is 1.71. The summed E-state index contributed by atoms with van der Waals surface area (Å²) in [5, 5.41) is 3.24. The molecule has 0 saturated carbocycles. The van der Waals surface area contributed by atoms with Crippen LogP contribution in [0.4, 0.5) is 42.2 Å². The van der Waals surface area contributed by atoms with Gasteiger partial charge in [-0.2, -0.15) is 26.3 Å². The maximum Gasteiger partial charge on any atom is 0.416 e. The number of ether oxygens (including phenoxy) is 1. The van der Waals surface area contributed by atoms with E-state index in [1.807, 2.05) is 0 Å². The van der Waals surface area contributed by atoms with Gasteiger partial charge in [0.25, 0.3) is 0 Å². The highest BCUT2D eigenvalue weighted by Gasteiger charge is 2.41. The molecule has 4 rings (SSSR count). The van der Waals surface area contributed by atoms with Gasteiger partial charge in [-0.3, -0.25) is 9.69 Å². The smallest absolute Gasteiger partial charge is 0.379 e. The van der Waals surface area contributed by atoms with Gasteiger partial charge in [-0.1, -0.05) is 6.07 Å². The molecule has 1 fully saturated rings. The van der Waals surface area contributed by atoms with Crippen molar-refractivity contribution >= 4 is 17.4 Å². The molecule has 44 heavy (non-hydrogen) atoms. The summed E-state index contributed by atoms with van der Waals surface area (Å²) in [6.07, 6.45) is -8.73. The monoisotopic (exact) mass is 626 g/mol.